The molecule has 0 saturated heterocycles. The molecule has 5 heteroatoms. The molecule has 1 aliphatic rings. The average Bonchev–Trinajstić information content (AvgIpc) is 2.57. The van der Waals surface area contributed by atoms with Crippen molar-refractivity contribution in [3.8, 4) is 0 Å². The van der Waals surface area contributed by atoms with Gasteiger partial charge in [0.05, 0.1) is 0 Å². The molecule has 2 N–H and O–H groups in total. The summed E-state index contributed by atoms with van der Waals surface area (Å²) in [6.45, 7) is 0. The van der Waals surface area contributed by atoms with Crippen molar-refractivity contribution in [1.82, 2.24) is 0 Å². The number of hydrogen-bond donors (Lipinski definition) is 1. The van der Waals surface area contributed by atoms with Crippen LogP contribution < -0.4 is 5.73 Å². The fourth-order valence-electron chi connectivity index (χ4n) is 3.24. The molecule has 0 bridgehead atoms. The van der Waals surface area contributed by atoms with E-state index in [1.54, 1.807) is 18.2 Å². The van der Waals surface area contributed by atoms with E-state index < -0.39 is 29.1 Å². The third-order valence-corrected chi connectivity index (χ3v) is 4.37. The van der Waals surface area contributed by atoms with Gasteiger partial charge in [-0.25, -0.2) is 13.2 Å². The molecule has 0 radical (unpaired) electrons. The molecule has 25 heavy (non-hydrogen) atoms. The van der Waals surface area contributed by atoms with E-state index in [2.05, 4.69) is 0 Å². The summed E-state index contributed by atoms with van der Waals surface area (Å²) in [6, 6.07) is 10.9. The van der Waals surface area contributed by atoms with E-state index in [4.69, 9.17) is 5.73 Å². The Hall–Kier alpha value is -2.82. The fourth-order valence-corrected chi connectivity index (χ4v) is 3.24. The van der Waals surface area contributed by atoms with Crippen LogP contribution in [-0.2, 0) is 10.2 Å². The van der Waals surface area contributed by atoms with Gasteiger partial charge < -0.3 is 5.73 Å². The van der Waals surface area contributed by atoms with Gasteiger partial charge in [0.1, 0.15) is 23.2 Å². The monoisotopic (exact) mass is 343 g/mol. The molecular formula is C20H16F3NO. The standard InChI is InChI=1S/C20H16F3NO/c21-16-9-7-13(8-10-16)20(19(24)25,14-3-1-5-17(22)11-14)15-4-2-6-18(23)12-15/h1-9,11-12,16H,10H2,(H2,24,25). The number of hydrogen-bond acceptors (Lipinski definition) is 1. The number of allylic oxidation sites excluding steroid dienone is 3. The molecule has 128 valence electrons. The van der Waals surface area contributed by atoms with Gasteiger partial charge in [0.15, 0.2) is 0 Å². The molecule has 2 nitrogen and oxygen atoms in total. The second kappa shape index (κ2) is 6.59. The van der Waals surface area contributed by atoms with Crippen LogP contribution in [0.1, 0.15) is 17.5 Å². The van der Waals surface area contributed by atoms with Crippen LogP contribution in [0.5, 0.6) is 0 Å². The predicted octanol–water partition coefficient (Wildman–Crippen LogP) is 3.96. The summed E-state index contributed by atoms with van der Waals surface area (Å²) < 4.78 is 41.2. The maximum Gasteiger partial charge on any atom is 0.237 e. The van der Waals surface area contributed by atoms with E-state index in [0.717, 1.165) is 0 Å². The summed E-state index contributed by atoms with van der Waals surface area (Å²) in [5.74, 6) is -1.90. The van der Waals surface area contributed by atoms with Crippen molar-refractivity contribution < 1.29 is 18.0 Å². The molecule has 3 rings (SSSR count). The number of primary amides is 1. The summed E-state index contributed by atoms with van der Waals surface area (Å²) in [4.78, 5) is 12.6. The summed E-state index contributed by atoms with van der Waals surface area (Å²) in [5, 5.41) is 0. The molecule has 0 spiro atoms. The number of halogens is 3. The molecule has 2 aromatic rings. The van der Waals surface area contributed by atoms with E-state index in [1.807, 2.05) is 0 Å². The minimum absolute atomic E-state index is 0.0610. The molecule has 1 aliphatic carbocycles. The quantitative estimate of drug-likeness (QED) is 0.897. The lowest BCUT2D eigenvalue weighted by molar-refractivity contribution is -0.121. The SMILES string of the molecule is NC(=O)C(C1=CCC(F)C=C1)(c1cccc(F)c1)c1cccc(F)c1. The summed E-state index contributed by atoms with van der Waals surface area (Å²) >= 11 is 0. The number of amides is 1. The van der Waals surface area contributed by atoms with Gasteiger partial charge in [-0.3, -0.25) is 4.79 Å². The van der Waals surface area contributed by atoms with Crippen molar-refractivity contribution in [2.45, 2.75) is 18.0 Å². The Balaban J connectivity index is 2.33. The molecule has 0 saturated carbocycles. The van der Waals surface area contributed by atoms with Crippen LogP contribution >= 0.6 is 0 Å². The molecule has 0 heterocycles. The molecular weight excluding hydrogens is 327 g/mol. The highest BCUT2D eigenvalue weighted by Crippen LogP contribution is 2.42. The Morgan fingerprint density at radius 3 is 2.00 bits per heavy atom. The van der Waals surface area contributed by atoms with Crippen molar-refractivity contribution >= 4 is 5.91 Å². The summed E-state index contributed by atoms with van der Waals surface area (Å²) in [5.41, 5.74) is 5.06. The number of carbonyl (C=O) groups excluding carboxylic acids is 1. The van der Waals surface area contributed by atoms with Gasteiger partial charge in [0.25, 0.3) is 0 Å². The maximum atomic E-state index is 13.9. The van der Waals surface area contributed by atoms with Crippen molar-refractivity contribution in [3.05, 3.63) is 95.1 Å². The second-order valence-corrected chi connectivity index (χ2v) is 5.91. The topological polar surface area (TPSA) is 43.1 Å². The van der Waals surface area contributed by atoms with Crippen LogP contribution in [0.15, 0.2) is 72.3 Å². The lowest BCUT2D eigenvalue weighted by Crippen LogP contribution is -2.44. The molecule has 0 fully saturated rings. The van der Waals surface area contributed by atoms with E-state index >= 15 is 0 Å². The van der Waals surface area contributed by atoms with Crippen molar-refractivity contribution in [2.75, 3.05) is 0 Å². The Morgan fingerprint density at radius 2 is 1.60 bits per heavy atom. The van der Waals surface area contributed by atoms with Crippen LogP contribution in [0.4, 0.5) is 13.2 Å². The van der Waals surface area contributed by atoms with E-state index in [-0.39, 0.29) is 17.5 Å². The lowest BCUT2D eigenvalue weighted by Gasteiger charge is -2.34. The van der Waals surface area contributed by atoms with Crippen molar-refractivity contribution in [1.29, 1.82) is 0 Å². The van der Waals surface area contributed by atoms with Gasteiger partial charge >= 0.3 is 0 Å². The first kappa shape index (κ1) is 17.0. The van der Waals surface area contributed by atoms with Crippen LogP contribution in [0, 0.1) is 11.6 Å². The largest absolute Gasteiger partial charge is 0.368 e. The first-order valence-corrected chi connectivity index (χ1v) is 7.79. The second-order valence-electron chi connectivity index (χ2n) is 5.91. The lowest BCUT2D eigenvalue weighted by atomic mass is 9.67. The zero-order chi connectivity index (χ0) is 18.0. The molecule has 0 aromatic heterocycles. The van der Waals surface area contributed by atoms with Crippen LogP contribution in [0.3, 0.4) is 0 Å². The highest BCUT2D eigenvalue weighted by molar-refractivity contribution is 5.95. The van der Waals surface area contributed by atoms with E-state index in [9.17, 15) is 18.0 Å². The minimum atomic E-state index is -1.61. The maximum absolute atomic E-state index is 13.9. The van der Waals surface area contributed by atoms with Gasteiger partial charge in [-0.05, 0) is 41.0 Å². The summed E-state index contributed by atoms with van der Waals surface area (Å²) in [7, 11) is 0. The highest BCUT2D eigenvalue weighted by atomic mass is 19.1. The average molecular weight is 343 g/mol. The Kier molecular flexibility index (Phi) is 4.49. The Morgan fingerprint density at radius 1 is 1.04 bits per heavy atom. The van der Waals surface area contributed by atoms with Crippen LogP contribution in [-0.4, -0.2) is 12.1 Å². The highest BCUT2D eigenvalue weighted by Gasteiger charge is 2.44. The molecule has 1 amide bonds. The van der Waals surface area contributed by atoms with Crippen LogP contribution in [0.25, 0.3) is 0 Å². The smallest absolute Gasteiger partial charge is 0.237 e. The molecule has 0 aliphatic heterocycles. The zero-order valence-electron chi connectivity index (χ0n) is 13.3. The fraction of sp³-hybridized carbons (Fsp3) is 0.150. The number of nitrogens with two attached hydrogens (primary N) is 1. The zero-order valence-corrected chi connectivity index (χ0v) is 13.3. The predicted molar refractivity (Wildman–Crippen MR) is 89.5 cm³/mol. The third kappa shape index (κ3) is 2.97. The van der Waals surface area contributed by atoms with Gasteiger partial charge in [-0.15, -0.1) is 0 Å². The first-order valence-electron chi connectivity index (χ1n) is 7.79. The van der Waals surface area contributed by atoms with Crippen molar-refractivity contribution in [2.24, 2.45) is 5.73 Å². The van der Waals surface area contributed by atoms with Gasteiger partial charge in [-0.1, -0.05) is 42.5 Å². The first-order chi connectivity index (χ1) is 11.9. The van der Waals surface area contributed by atoms with E-state index in [1.165, 1.54) is 48.6 Å². The van der Waals surface area contributed by atoms with Crippen LogP contribution in [0.2, 0.25) is 0 Å². The van der Waals surface area contributed by atoms with Gasteiger partial charge in [0, 0.05) is 6.42 Å². The Bertz CT molecular complexity index is 827. The molecule has 1 unspecified atom stereocenters. The number of alkyl halides is 1. The number of benzene rings is 2. The van der Waals surface area contributed by atoms with Gasteiger partial charge in [0.2, 0.25) is 5.91 Å². The third-order valence-electron chi connectivity index (χ3n) is 4.37. The van der Waals surface area contributed by atoms with Crippen molar-refractivity contribution in [3.63, 3.8) is 0 Å². The number of carbonyl (C=O) groups is 1. The molecule has 1 atom stereocenters. The molecule has 2 aromatic carbocycles. The normalized spacial score (nSPS) is 17.2. The minimum Gasteiger partial charge on any atom is -0.368 e. The number of rotatable bonds is 4. The van der Waals surface area contributed by atoms with E-state index in [0.29, 0.717) is 5.57 Å². The summed E-state index contributed by atoms with van der Waals surface area (Å²) in [6.07, 6.45) is 3.20. The Labute approximate surface area is 143 Å². The van der Waals surface area contributed by atoms with Gasteiger partial charge in [-0.2, -0.15) is 0 Å².